The lowest BCUT2D eigenvalue weighted by Gasteiger charge is -2.47. The standard InChI is InChI=1S/C22H37ClN4O4Si/c1-21(2,3)30-20(28)26-13-15(11-16(14-26)31-32(7,8)22(4,5)6)27-9-10-29-17-12-18(23)24-25-19(17)27/h12,15-16H,9-11,13-14H2,1-8H3/t15-,16+/m1/s1. The molecule has 10 heteroatoms. The third kappa shape index (κ3) is 5.85. The summed E-state index contributed by atoms with van der Waals surface area (Å²) in [5.74, 6) is 1.27. The second-order valence-corrected chi connectivity index (χ2v) is 16.3. The molecule has 0 saturated carbocycles. The van der Waals surface area contributed by atoms with Crippen LogP contribution < -0.4 is 9.64 Å². The van der Waals surface area contributed by atoms with Crippen LogP contribution >= 0.6 is 11.6 Å². The number of anilines is 1. The Hall–Kier alpha value is -1.58. The van der Waals surface area contributed by atoms with E-state index in [1.807, 2.05) is 20.8 Å². The molecule has 1 aromatic heterocycles. The quantitative estimate of drug-likeness (QED) is 0.574. The van der Waals surface area contributed by atoms with Crippen molar-refractivity contribution in [1.29, 1.82) is 0 Å². The monoisotopic (exact) mass is 484 g/mol. The Balaban J connectivity index is 1.88. The maximum atomic E-state index is 13.0. The van der Waals surface area contributed by atoms with Crippen molar-refractivity contribution >= 4 is 31.8 Å². The molecular formula is C22H37ClN4O4Si. The van der Waals surface area contributed by atoms with Crippen LogP contribution in [0.2, 0.25) is 23.3 Å². The van der Waals surface area contributed by atoms with Crippen molar-refractivity contribution in [3.63, 3.8) is 0 Å². The summed E-state index contributed by atoms with van der Waals surface area (Å²) >= 11 is 6.02. The van der Waals surface area contributed by atoms with Crippen LogP contribution in [0.15, 0.2) is 6.07 Å². The van der Waals surface area contributed by atoms with Crippen molar-refractivity contribution in [3.8, 4) is 5.75 Å². The topological polar surface area (TPSA) is 77.0 Å². The van der Waals surface area contributed by atoms with Gasteiger partial charge < -0.3 is 23.7 Å². The van der Waals surface area contributed by atoms with E-state index < -0.39 is 13.9 Å². The summed E-state index contributed by atoms with van der Waals surface area (Å²) in [6, 6.07) is 1.69. The molecule has 3 heterocycles. The summed E-state index contributed by atoms with van der Waals surface area (Å²) in [5.41, 5.74) is -0.562. The third-order valence-electron chi connectivity index (χ3n) is 6.32. The first-order valence-electron chi connectivity index (χ1n) is 11.2. The number of piperidine rings is 1. The fourth-order valence-corrected chi connectivity index (χ4v) is 5.27. The molecule has 0 N–H and O–H groups in total. The van der Waals surface area contributed by atoms with Crippen LogP contribution in [0.4, 0.5) is 10.6 Å². The molecule has 2 aliphatic heterocycles. The average molecular weight is 485 g/mol. The molecule has 1 saturated heterocycles. The van der Waals surface area contributed by atoms with E-state index in [2.05, 4.69) is 49.0 Å². The first kappa shape index (κ1) is 25.0. The SMILES string of the molecule is CC(C)(C)OC(=O)N1C[C@@H](O[Si](C)(C)C(C)(C)C)C[C@@H](N2CCOc3cc(Cl)nnc32)C1. The number of ether oxygens (including phenoxy) is 2. The van der Waals surface area contributed by atoms with Crippen LogP contribution in [0.1, 0.15) is 48.0 Å². The zero-order chi connectivity index (χ0) is 23.9. The molecule has 0 aliphatic carbocycles. The Bertz CT molecular complexity index is 840. The number of aromatic nitrogens is 2. The number of hydrogen-bond acceptors (Lipinski definition) is 7. The minimum atomic E-state index is -2.03. The summed E-state index contributed by atoms with van der Waals surface area (Å²) in [4.78, 5) is 17.0. The number of fused-ring (bicyclic) bond motifs is 1. The number of nitrogens with zero attached hydrogens (tertiary/aromatic N) is 4. The number of carbonyl (C=O) groups excluding carboxylic acids is 1. The molecule has 0 aromatic carbocycles. The summed E-state index contributed by atoms with van der Waals surface area (Å²) in [6.07, 6.45) is 0.380. The summed E-state index contributed by atoms with van der Waals surface area (Å²) in [6.45, 7) is 19.0. The van der Waals surface area contributed by atoms with E-state index in [0.29, 0.717) is 43.0 Å². The molecule has 8 nitrogen and oxygen atoms in total. The Labute approximate surface area is 197 Å². The predicted molar refractivity (Wildman–Crippen MR) is 128 cm³/mol. The van der Waals surface area contributed by atoms with Gasteiger partial charge in [-0.15, -0.1) is 10.2 Å². The fourth-order valence-electron chi connectivity index (χ4n) is 3.77. The van der Waals surface area contributed by atoms with Gasteiger partial charge >= 0.3 is 6.09 Å². The zero-order valence-electron chi connectivity index (χ0n) is 20.6. The molecule has 1 fully saturated rings. The Morgan fingerprint density at radius 1 is 1.19 bits per heavy atom. The van der Waals surface area contributed by atoms with Gasteiger partial charge in [-0.25, -0.2) is 4.79 Å². The van der Waals surface area contributed by atoms with Crippen LogP contribution in [0.25, 0.3) is 0 Å². The molecule has 3 rings (SSSR count). The van der Waals surface area contributed by atoms with Gasteiger partial charge in [-0.05, 0) is 45.3 Å². The first-order chi connectivity index (χ1) is 14.7. The summed E-state index contributed by atoms with van der Waals surface area (Å²) < 4.78 is 18.2. The summed E-state index contributed by atoms with van der Waals surface area (Å²) in [7, 11) is -2.03. The molecule has 0 radical (unpaired) electrons. The van der Waals surface area contributed by atoms with E-state index in [1.54, 1.807) is 11.0 Å². The Kier molecular flexibility index (Phi) is 7.03. The normalized spacial score (nSPS) is 22.3. The van der Waals surface area contributed by atoms with Crippen molar-refractivity contribution in [2.45, 2.75) is 83.8 Å². The highest BCUT2D eigenvalue weighted by Crippen LogP contribution is 2.39. The van der Waals surface area contributed by atoms with Gasteiger partial charge in [0.05, 0.1) is 18.7 Å². The number of hydrogen-bond donors (Lipinski definition) is 0. The van der Waals surface area contributed by atoms with Crippen molar-refractivity contribution < 1.29 is 18.7 Å². The van der Waals surface area contributed by atoms with Crippen LogP contribution in [0.5, 0.6) is 5.75 Å². The molecule has 1 aromatic rings. The number of rotatable bonds is 3. The zero-order valence-corrected chi connectivity index (χ0v) is 22.3. The van der Waals surface area contributed by atoms with E-state index in [1.165, 1.54) is 0 Å². The molecule has 32 heavy (non-hydrogen) atoms. The van der Waals surface area contributed by atoms with Gasteiger partial charge in [-0.2, -0.15) is 0 Å². The van der Waals surface area contributed by atoms with E-state index in [9.17, 15) is 4.79 Å². The fraction of sp³-hybridized carbons (Fsp3) is 0.773. The van der Waals surface area contributed by atoms with E-state index >= 15 is 0 Å². The molecule has 0 spiro atoms. The Morgan fingerprint density at radius 3 is 2.50 bits per heavy atom. The van der Waals surface area contributed by atoms with Crippen LogP contribution in [0, 0.1) is 0 Å². The van der Waals surface area contributed by atoms with Gasteiger partial charge in [0.25, 0.3) is 0 Å². The highest BCUT2D eigenvalue weighted by molar-refractivity contribution is 6.74. The lowest BCUT2D eigenvalue weighted by atomic mass is 10.0. The van der Waals surface area contributed by atoms with Gasteiger partial charge in [0.1, 0.15) is 12.2 Å². The van der Waals surface area contributed by atoms with Gasteiger partial charge in [-0.1, -0.05) is 32.4 Å². The smallest absolute Gasteiger partial charge is 0.410 e. The van der Waals surface area contributed by atoms with Crippen LogP contribution in [0.3, 0.4) is 0 Å². The number of carbonyl (C=O) groups is 1. The van der Waals surface area contributed by atoms with Crippen LogP contribution in [-0.4, -0.2) is 73.5 Å². The third-order valence-corrected chi connectivity index (χ3v) is 11.0. The van der Waals surface area contributed by atoms with Crippen molar-refractivity contribution in [3.05, 3.63) is 11.2 Å². The maximum absolute atomic E-state index is 13.0. The predicted octanol–water partition coefficient (Wildman–Crippen LogP) is 4.73. The maximum Gasteiger partial charge on any atom is 0.410 e. The second-order valence-electron chi connectivity index (χ2n) is 11.2. The van der Waals surface area contributed by atoms with Crippen molar-refractivity contribution in [1.82, 2.24) is 15.1 Å². The highest BCUT2D eigenvalue weighted by atomic mass is 35.5. The summed E-state index contributed by atoms with van der Waals surface area (Å²) in [5, 5.41) is 8.68. The van der Waals surface area contributed by atoms with Gasteiger partial charge in [0, 0.05) is 19.2 Å². The first-order valence-corrected chi connectivity index (χ1v) is 14.5. The minimum absolute atomic E-state index is 0.00385. The molecular weight excluding hydrogens is 448 g/mol. The molecule has 2 atom stereocenters. The van der Waals surface area contributed by atoms with Crippen LogP contribution in [-0.2, 0) is 9.16 Å². The van der Waals surface area contributed by atoms with E-state index in [0.717, 1.165) is 6.42 Å². The Morgan fingerprint density at radius 2 is 1.88 bits per heavy atom. The second kappa shape index (κ2) is 8.99. The van der Waals surface area contributed by atoms with Crippen molar-refractivity contribution in [2.75, 3.05) is 31.1 Å². The lowest BCUT2D eigenvalue weighted by Crippen LogP contribution is -2.59. The van der Waals surface area contributed by atoms with Gasteiger partial charge in [0.15, 0.2) is 25.0 Å². The number of likely N-dealkylation sites (tertiary alicyclic amines) is 1. The average Bonchev–Trinajstić information content (AvgIpc) is 2.64. The molecule has 0 unspecified atom stereocenters. The minimum Gasteiger partial charge on any atom is -0.488 e. The van der Waals surface area contributed by atoms with E-state index in [-0.39, 0.29) is 23.3 Å². The van der Waals surface area contributed by atoms with E-state index in [4.69, 9.17) is 25.5 Å². The highest BCUT2D eigenvalue weighted by Gasteiger charge is 2.43. The molecule has 0 bridgehead atoms. The lowest BCUT2D eigenvalue weighted by molar-refractivity contribution is 0.00176. The van der Waals surface area contributed by atoms with Gasteiger partial charge in [-0.3, -0.25) is 0 Å². The number of amides is 1. The molecule has 180 valence electrons. The van der Waals surface area contributed by atoms with Gasteiger partial charge in [0.2, 0.25) is 0 Å². The largest absolute Gasteiger partial charge is 0.488 e. The number of halogens is 1. The molecule has 1 amide bonds. The van der Waals surface area contributed by atoms with Crippen molar-refractivity contribution in [2.24, 2.45) is 0 Å². The molecule has 2 aliphatic rings.